The first-order chi connectivity index (χ1) is 8.18. The van der Waals surface area contributed by atoms with E-state index in [-0.39, 0.29) is 5.69 Å². The summed E-state index contributed by atoms with van der Waals surface area (Å²) in [5.74, 6) is 0. The Kier molecular flexibility index (Phi) is 3.43. The molecular formula is C11H15N3O3. The Hall–Kier alpha value is -1.82. The Morgan fingerprint density at radius 2 is 2.18 bits per heavy atom. The van der Waals surface area contributed by atoms with Crippen molar-refractivity contribution in [1.82, 2.24) is 0 Å². The highest BCUT2D eigenvalue weighted by Crippen LogP contribution is 2.28. The maximum atomic E-state index is 10.6. The molecule has 0 aromatic heterocycles. The van der Waals surface area contributed by atoms with Gasteiger partial charge >= 0.3 is 0 Å². The maximum Gasteiger partial charge on any atom is 0.271 e. The number of ether oxygens (including phenoxy) is 1. The Morgan fingerprint density at radius 1 is 1.35 bits per heavy atom. The monoisotopic (exact) mass is 237 g/mol. The predicted octanol–water partition coefficient (Wildman–Crippen LogP) is 1.40. The van der Waals surface area contributed by atoms with Crippen LogP contribution in [0.15, 0.2) is 18.2 Å². The molecule has 2 rings (SSSR count). The second-order valence-corrected chi connectivity index (χ2v) is 3.95. The van der Waals surface area contributed by atoms with E-state index in [1.165, 1.54) is 12.1 Å². The SMILES string of the molecule is Nc1cc([N+](=O)[O-])ccc1N1CCCOCC1. The van der Waals surface area contributed by atoms with Gasteiger partial charge in [0.1, 0.15) is 0 Å². The summed E-state index contributed by atoms with van der Waals surface area (Å²) in [7, 11) is 0. The lowest BCUT2D eigenvalue weighted by atomic mass is 10.2. The molecule has 0 amide bonds. The molecule has 1 saturated heterocycles. The lowest BCUT2D eigenvalue weighted by molar-refractivity contribution is -0.384. The highest BCUT2D eigenvalue weighted by Gasteiger charge is 2.15. The predicted molar refractivity (Wildman–Crippen MR) is 65.2 cm³/mol. The van der Waals surface area contributed by atoms with Crippen molar-refractivity contribution in [2.45, 2.75) is 6.42 Å². The van der Waals surface area contributed by atoms with Crippen LogP contribution in [0.4, 0.5) is 17.1 Å². The van der Waals surface area contributed by atoms with Crippen molar-refractivity contribution < 1.29 is 9.66 Å². The highest BCUT2D eigenvalue weighted by molar-refractivity contribution is 5.70. The summed E-state index contributed by atoms with van der Waals surface area (Å²) in [6.45, 7) is 3.05. The van der Waals surface area contributed by atoms with E-state index in [2.05, 4.69) is 4.90 Å². The average Bonchev–Trinajstić information content (AvgIpc) is 2.57. The second kappa shape index (κ2) is 5.01. The average molecular weight is 237 g/mol. The van der Waals surface area contributed by atoms with Crippen LogP contribution in [0.25, 0.3) is 0 Å². The number of rotatable bonds is 2. The fraction of sp³-hybridized carbons (Fsp3) is 0.455. The molecule has 0 aliphatic carbocycles. The maximum absolute atomic E-state index is 10.6. The summed E-state index contributed by atoms with van der Waals surface area (Å²) < 4.78 is 5.36. The van der Waals surface area contributed by atoms with Crippen LogP contribution in [0.2, 0.25) is 0 Å². The van der Waals surface area contributed by atoms with E-state index in [1.54, 1.807) is 6.07 Å². The van der Waals surface area contributed by atoms with Gasteiger partial charge in [-0.2, -0.15) is 0 Å². The molecule has 0 unspecified atom stereocenters. The first-order valence-electron chi connectivity index (χ1n) is 5.55. The number of anilines is 2. The highest BCUT2D eigenvalue weighted by atomic mass is 16.6. The summed E-state index contributed by atoms with van der Waals surface area (Å²) in [6.07, 6.45) is 0.941. The van der Waals surface area contributed by atoms with Crippen LogP contribution in [0.1, 0.15) is 6.42 Å². The fourth-order valence-electron chi connectivity index (χ4n) is 1.93. The van der Waals surface area contributed by atoms with Gasteiger partial charge in [-0.15, -0.1) is 0 Å². The zero-order valence-corrected chi connectivity index (χ0v) is 9.46. The minimum atomic E-state index is -0.439. The minimum Gasteiger partial charge on any atom is -0.397 e. The zero-order valence-electron chi connectivity index (χ0n) is 9.46. The molecular weight excluding hydrogens is 222 g/mol. The first kappa shape index (κ1) is 11.7. The van der Waals surface area contributed by atoms with E-state index < -0.39 is 4.92 Å². The number of non-ortho nitro benzene ring substituents is 1. The molecule has 1 aromatic carbocycles. The van der Waals surface area contributed by atoms with E-state index in [1.807, 2.05) is 0 Å². The van der Waals surface area contributed by atoms with Crippen LogP contribution in [0, 0.1) is 10.1 Å². The Morgan fingerprint density at radius 3 is 2.88 bits per heavy atom. The quantitative estimate of drug-likeness (QED) is 0.477. The number of nitrogens with two attached hydrogens (primary N) is 1. The molecule has 2 N–H and O–H groups in total. The number of hydrogen-bond acceptors (Lipinski definition) is 5. The van der Waals surface area contributed by atoms with Crippen molar-refractivity contribution >= 4 is 17.1 Å². The van der Waals surface area contributed by atoms with Crippen molar-refractivity contribution in [3.05, 3.63) is 28.3 Å². The molecule has 0 radical (unpaired) electrons. The van der Waals surface area contributed by atoms with Crippen molar-refractivity contribution in [2.75, 3.05) is 36.9 Å². The number of nitrogen functional groups attached to an aromatic ring is 1. The number of nitro groups is 1. The van der Waals surface area contributed by atoms with E-state index in [4.69, 9.17) is 10.5 Å². The third-order valence-corrected chi connectivity index (χ3v) is 2.78. The van der Waals surface area contributed by atoms with E-state index in [0.29, 0.717) is 12.3 Å². The summed E-state index contributed by atoms with van der Waals surface area (Å²) >= 11 is 0. The third kappa shape index (κ3) is 2.65. The van der Waals surface area contributed by atoms with Gasteiger partial charge in [-0.1, -0.05) is 0 Å². The molecule has 1 fully saturated rings. The number of nitrogens with zero attached hydrogens (tertiary/aromatic N) is 2. The topological polar surface area (TPSA) is 81.6 Å². The lowest BCUT2D eigenvalue weighted by Crippen LogP contribution is -2.26. The fourth-order valence-corrected chi connectivity index (χ4v) is 1.93. The first-order valence-corrected chi connectivity index (χ1v) is 5.55. The molecule has 1 aliphatic heterocycles. The van der Waals surface area contributed by atoms with Gasteiger partial charge < -0.3 is 15.4 Å². The van der Waals surface area contributed by atoms with Crippen LogP contribution in [0.3, 0.4) is 0 Å². The molecule has 1 heterocycles. The number of benzene rings is 1. The van der Waals surface area contributed by atoms with Crippen LogP contribution >= 0.6 is 0 Å². The van der Waals surface area contributed by atoms with Gasteiger partial charge in [0.25, 0.3) is 5.69 Å². The van der Waals surface area contributed by atoms with Gasteiger partial charge in [-0.3, -0.25) is 10.1 Å². The van der Waals surface area contributed by atoms with Crippen LogP contribution in [0.5, 0.6) is 0 Å². The molecule has 0 bridgehead atoms. The molecule has 6 nitrogen and oxygen atoms in total. The smallest absolute Gasteiger partial charge is 0.271 e. The molecule has 92 valence electrons. The Bertz CT molecular complexity index is 414. The second-order valence-electron chi connectivity index (χ2n) is 3.95. The summed E-state index contributed by atoms with van der Waals surface area (Å²) in [5, 5.41) is 10.6. The van der Waals surface area contributed by atoms with E-state index in [0.717, 1.165) is 31.8 Å². The normalized spacial score (nSPS) is 16.6. The summed E-state index contributed by atoms with van der Waals surface area (Å²) in [6, 6.07) is 4.59. The molecule has 0 spiro atoms. The van der Waals surface area contributed by atoms with Gasteiger partial charge in [0.15, 0.2) is 0 Å². The van der Waals surface area contributed by atoms with Crippen LogP contribution < -0.4 is 10.6 Å². The molecule has 0 atom stereocenters. The Labute approximate surface area is 99.1 Å². The number of hydrogen-bond donors (Lipinski definition) is 1. The van der Waals surface area contributed by atoms with Crippen LogP contribution in [-0.2, 0) is 4.74 Å². The van der Waals surface area contributed by atoms with Crippen LogP contribution in [-0.4, -0.2) is 31.2 Å². The molecule has 1 aromatic rings. The Balaban J connectivity index is 2.22. The van der Waals surface area contributed by atoms with Crippen molar-refractivity contribution in [1.29, 1.82) is 0 Å². The van der Waals surface area contributed by atoms with Gasteiger partial charge in [-0.05, 0) is 12.5 Å². The molecule has 0 saturated carbocycles. The largest absolute Gasteiger partial charge is 0.397 e. The van der Waals surface area contributed by atoms with Gasteiger partial charge in [0.2, 0.25) is 0 Å². The number of nitro benzene ring substituents is 1. The minimum absolute atomic E-state index is 0.0253. The zero-order chi connectivity index (χ0) is 12.3. The molecule has 1 aliphatic rings. The lowest BCUT2D eigenvalue weighted by Gasteiger charge is -2.23. The standard InChI is InChI=1S/C11H15N3O3/c12-10-8-9(14(15)16)2-3-11(10)13-4-1-6-17-7-5-13/h2-3,8H,1,4-7,12H2. The molecule has 6 heteroatoms. The van der Waals surface area contributed by atoms with Gasteiger partial charge in [-0.25, -0.2) is 0 Å². The van der Waals surface area contributed by atoms with Crippen molar-refractivity contribution in [3.8, 4) is 0 Å². The third-order valence-electron chi connectivity index (χ3n) is 2.78. The van der Waals surface area contributed by atoms with E-state index in [9.17, 15) is 10.1 Å². The molecule has 17 heavy (non-hydrogen) atoms. The van der Waals surface area contributed by atoms with Gasteiger partial charge in [0.05, 0.1) is 22.9 Å². The van der Waals surface area contributed by atoms with Gasteiger partial charge in [0, 0.05) is 31.8 Å². The van der Waals surface area contributed by atoms with Crippen molar-refractivity contribution in [2.24, 2.45) is 0 Å². The van der Waals surface area contributed by atoms with Crippen molar-refractivity contribution in [3.63, 3.8) is 0 Å². The summed E-state index contributed by atoms with van der Waals surface area (Å²) in [5.41, 5.74) is 7.17. The van der Waals surface area contributed by atoms with E-state index >= 15 is 0 Å². The summed E-state index contributed by atoms with van der Waals surface area (Å²) in [4.78, 5) is 12.3.